The van der Waals surface area contributed by atoms with Gasteiger partial charge in [0.05, 0.1) is 12.7 Å². The highest BCUT2D eigenvalue weighted by molar-refractivity contribution is 5.16. The SMILES string of the molecule is N#[N+]/C=C(/O)C[C@H]1CCO[C@@H](c2ccccc2)O1. The third kappa shape index (κ3) is 3.29. The van der Waals surface area contributed by atoms with E-state index in [1.54, 1.807) is 0 Å². The molecule has 0 aromatic heterocycles. The summed E-state index contributed by atoms with van der Waals surface area (Å²) in [6.07, 6.45) is 1.49. The molecule has 2 atom stereocenters. The van der Waals surface area contributed by atoms with Crippen molar-refractivity contribution in [3.63, 3.8) is 0 Å². The molecule has 1 aliphatic rings. The molecule has 0 unspecified atom stereocenters. The van der Waals surface area contributed by atoms with Gasteiger partial charge in [0.1, 0.15) is 0 Å². The molecule has 0 amide bonds. The Morgan fingerprint density at radius 1 is 1.44 bits per heavy atom. The van der Waals surface area contributed by atoms with Crippen LogP contribution in [0, 0.1) is 5.39 Å². The summed E-state index contributed by atoms with van der Waals surface area (Å²) >= 11 is 0. The maximum atomic E-state index is 9.44. The zero-order valence-electron chi connectivity index (χ0n) is 9.90. The van der Waals surface area contributed by atoms with Crippen molar-refractivity contribution in [2.45, 2.75) is 25.2 Å². The minimum atomic E-state index is -0.399. The predicted octanol–water partition coefficient (Wildman–Crippen LogP) is 3.13. The number of rotatable bonds is 3. The number of diazo groups is 1. The Morgan fingerprint density at radius 3 is 2.94 bits per heavy atom. The third-order valence-electron chi connectivity index (χ3n) is 2.74. The molecular formula is C13H15N2O3+. The van der Waals surface area contributed by atoms with Gasteiger partial charge in [-0.15, -0.1) is 0 Å². The van der Waals surface area contributed by atoms with Crippen molar-refractivity contribution in [1.82, 2.24) is 0 Å². The maximum Gasteiger partial charge on any atom is 0.387 e. The highest BCUT2D eigenvalue weighted by atomic mass is 16.7. The minimum absolute atomic E-state index is 0.00351. The number of hydrogen-bond donors (Lipinski definition) is 1. The highest BCUT2D eigenvalue weighted by Gasteiger charge is 2.25. The van der Waals surface area contributed by atoms with E-state index < -0.39 is 6.29 Å². The van der Waals surface area contributed by atoms with Crippen LogP contribution in [0.2, 0.25) is 0 Å². The first-order chi connectivity index (χ1) is 8.79. The molecule has 1 aromatic rings. The average molecular weight is 247 g/mol. The Hall–Kier alpha value is -1.90. The number of benzene rings is 1. The summed E-state index contributed by atoms with van der Waals surface area (Å²) in [6.45, 7) is 0.577. The Bertz CT molecular complexity index is 453. The van der Waals surface area contributed by atoms with Gasteiger partial charge in [0, 0.05) is 12.0 Å². The molecule has 0 saturated carbocycles. The predicted molar refractivity (Wildman–Crippen MR) is 65.0 cm³/mol. The van der Waals surface area contributed by atoms with Gasteiger partial charge in [-0.05, 0) is 6.42 Å². The fourth-order valence-corrected chi connectivity index (χ4v) is 1.88. The molecule has 0 spiro atoms. The summed E-state index contributed by atoms with van der Waals surface area (Å²) in [5.74, 6) is -0.00351. The van der Waals surface area contributed by atoms with Crippen LogP contribution in [0.25, 0.3) is 4.98 Å². The molecule has 1 saturated heterocycles. The van der Waals surface area contributed by atoms with Crippen LogP contribution in [0.3, 0.4) is 0 Å². The Kier molecular flexibility index (Phi) is 4.29. The number of hydrogen-bond acceptors (Lipinski definition) is 4. The first kappa shape index (κ1) is 12.6. The van der Waals surface area contributed by atoms with Gasteiger partial charge in [-0.2, -0.15) is 0 Å². The molecule has 0 bridgehead atoms. The van der Waals surface area contributed by atoms with Crippen LogP contribution < -0.4 is 0 Å². The lowest BCUT2D eigenvalue weighted by atomic mass is 10.1. The molecule has 1 heterocycles. The van der Waals surface area contributed by atoms with E-state index in [2.05, 4.69) is 4.98 Å². The molecule has 5 nitrogen and oxygen atoms in total. The molecule has 18 heavy (non-hydrogen) atoms. The molecule has 94 valence electrons. The second-order valence-corrected chi connectivity index (χ2v) is 4.10. The number of ether oxygens (including phenoxy) is 2. The normalized spacial score (nSPS) is 24.5. The largest absolute Gasteiger partial charge is 0.505 e. The summed E-state index contributed by atoms with van der Waals surface area (Å²) in [4.78, 5) is 2.78. The van der Waals surface area contributed by atoms with Gasteiger partial charge >= 0.3 is 6.20 Å². The standard InChI is InChI=1S/C13H14N2O3/c14-15-9-11(16)8-12-6-7-17-13(18-12)10-4-2-1-3-5-10/h1-5,9,12-13H,6-8H2/p+1/b11-9+/t12-,13-/m1/s1. The zero-order chi connectivity index (χ0) is 12.8. The second-order valence-electron chi connectivity index (χ2n) is 4.10. The average Bonchev–Trinajstić information content (AvgIpc) is 2.40. The summed E-state index contributed by atoms with van der Waals surface area (Å²) in [7, 11) is 0. The molecule has 0 radical (unpaired) electrons. The quantitative estimate of drug-likeness (QED) is 0.658. The summed E-state index contributed by atoms with van der Waals surface area (Å²) in [6, 6.07) is 9.65. The van der Waals surface area contributed by atoms with Crippen molar-refractivity contribution < 1.29 is 14.6 Å². The van der Waals surface area contributed by atoms with Gasteiger partial charge in [0.25, 0.3) is 0 Å². The molecule has 2 rings (SSSR count). The van der Waals surface area contributed by atoms with Gasteiger partial charge in [-0.25, -0.2) is 0 Å². The van der Waals surface area contributed by atoms with Gasteiger partial charge in [-0.1, -0.05) is 30.3 Å². The van der Waals surface area contributed by atoms with Crippen molar-refractivity contribution in [3.05, 3.63) is 52.8 Å². The van der Waals surface area contributed by atoms with Crippen molar-refractivity contribution in [2.24, 2.45) is 0 Å². The maximum absolute atomic E-state index is 9.44. The van der Waals surface area contributed by atoms with Gasteiger partial charge in [0.15, 0.2) is 17.0 Å². The fourth-order valence-electron chi connectivity index (χ4n) is 1.88. The number of aliphatic hydroxyl groups is 1. The van der Waals surface area contributed by atoms with Crippen LogP contribution in [-0.2, 0) is 9.47 Å². The Labute approximate surface area is 105 Å². The van der Waals surface area contributed by atoms with Crippen LogP contribution in [-0.4, -0.2) is 17.8 Å². The van der Waals surface area contributed by atoms with Crippen LogP contribution >= 0.6 is 0 Å². The smallest absolute Gasteiger partial charge is 0.387 e. The number of aliphatic hydroxyl groups excluding tert-OH is 1. The van der Waals surface area contributed by atoms with E-state index >= 15 is 0 Å². The van der Waals surface area contributed by atoms with Crippen LogP contribution in [0.1, 0.15) is 24.7 Å². The highest BCUT2D eigenvalue weighted by Crippen LogP contribution is 2.28. The molecule has 1 N–H and O–H groups in total. The molecule has 1 fully saturated rings. The van der Waals surface area contributed by atoms with Gasteiger partial charge < -0.3 is 14.6 Å². The fraction of sp³-hybridized carbons (Fsp3) is 0.385. The lowest BCUT2D eigenvalue weighted by Crippen LogP contribution is -2.27. The zero-order valence-corrected chi connectivity index (χ0v) is 9.90. The summed E-state index contributed by atoms with van der Waals surface area (Å²) < 4.78 is 11.3. The second kappa shape index (κ2) is 6.15. The van der Waals surface area contributed by atoms with E-state index in [0.717, 1.165) is 11.8 Å². The van der Waals surface area contributed by atoms with Crippen LogP contribution in [0.4, 0.5) is 0 Å². The van der Waals surface area contributed by atoms with E-state index in [1.807, 2.05) is 30.3 Å². The Balaban J connectivity index is 1.97. The van der Waals surface area contributed by atoms with Crippen LogP contribution in [0.5, 0.6) is 0 Å². The van der Waals surface area contributed by atoms with Gasteiger partial charge in [0.2, 0.25) is 5.39 Å². The summed E-state index contributed by atoms with van der Waals surface area (Å²) in [5.41, 5.74) is 0.956. The monoisotopic (exact) mass is 247 g/mol. The molecule has 1 aromatic carbocycles. The third-order valence-corrected chi connectivity index (χ3v) is 2.74. The van der Waals surface area contributed by atoms with Crippen molar-refractivity contribution in [3.8, 4) is 0 Å². The van der Waals surface area contributed by atoms with E-state index in [4.69, 9.17) is 14.9 Å². The lowest BCUT2D eigenvalue weighted by Gasteiger charge is -2.30. The number of nitrogens with zero attached hydrogens (tertiary/aromatic N) is 2. The van der Waals surface area contributed by atoms with E-state index in [-0.39, 0.29) is 11.9 Å². The molecule has 0 aliphatic carbocycles. The molecule has 5 heteroatoms. The minimum Gasteiger partial charge on any atom is -0.505 e. The van der Waals surface area contributed by atoms with E-state index in [9.17, 15) is 5.11 Å². The topological polar surface area (TPSA) is 66.8 Å². The van der Waals surface area contributed by atoms with Crippen LogP contribution in [0.15, 0.2) is 42.3 Å². The van der Waals surface area contributed by atoms with Crippen molar-refractivity contribution >= 4 is 0 Å². The van der Waals surface area contributed by atoms with Crippen molar-refractivity contribution in [1.29, 1.82) is 5.39 Å². The van der Waals surface area contributed by atoms with E-state index in [1.165, 1.54) is 0 Å². The summed E-state index contributed by atoms with van der Waals surface area (Å²) in [5, 5.41) is 17.8. The van der Waals surface area contributed by atoms with E-state index in [0.29, 0.717) is 19.4 Å². The lowest BCUT2D eigenvalue weighted by molar-refractivity contribution is -0.217. The van der Waals surface area contributed by atoms with Crippen molar-refractivity contribution in [2.75, 3.05) is 6.61 Å². The molecule has 1 aliphatic heterocycles. The Morgan fingerprint density at radius 2 is 2.22 bits per heavy atom. The van der Waals surface area contributed by atoms with Gasteiger partial charge in [-0.3, -0.25) is 0 Å². The first-order valence-electron chi connectivity index (χ1n) is 5.84. The molecular weight excluding hydrogens is 232 g/mol. The first-order valence-corrected chi connectivity index (χ1v) is 5.84.